The third kappa shape index (κ3) is 3.99. The fourth-order valence-corrected chi connectivity index (χ4v) is 4.83. The predicted octanol–water partition coefficient (Wildman–Crippen LogP) is 4.32. The minimum absolute atomic E-state index is 0.00651. The normalized spacial score (nSPS) is 22.8. The Morgan fingerprint density at radius 2 is 1.81 bits per heavy atom. The molecule has 8 heteroatoms. The first-order valence-electron chi connectivity index (χ1n) is 10.5. The molecule has 0 aliphatic carbocycles. The Bertz CT molecular complexity index is 1080. The number of phenols is 1. The second-order valence-electron chi connectivity index (χ2n) is 8.41. The lowest BCUT2D eigenvalue weighted by Gasteiger charge is -2.36. The molecule has 3 aromatic rings. The second-order valence-corrected chi connectivity index (χ2v) is 8.41. The van der Waals surface area contributed by atoms with E-state index in [1.54, 1.807) is 12.1 Å². The molecular weight excluding hydrogens is 402 g/mol. The molecular formula is C23H24F2N4O2. The van der Waals surface area contributed by atoms with E-state index < -0.39 is 6.61 Å². The number of aromatic hydroxyl groups is 1. The summed E-state index contributed by atoms with van der Waals surface area (Å²) in [7, 11) is 2.06. The number of anilines is 1. The lowest BCUT2D eigenvalue weighted by atomic mass is 9.98. The van der Waals surface area contributed by atoms with Gasteiger partial charge in [-0.3, -0.25) is 0 Å². The molecule has 3 heterocycles. The van der Waals surface area contributed by atoms with Crippen molar-refractivity contribution in [2.45, 2.75) is 50.4 Å². The van der Waals surface area contributed by atoms with E-state index >= 15 is 0 Å². The van der Waals surface area contributed by atoms with Crippen LogP contribution in [-0.4, -0.2) is 47.1 Å². The van der Waals surface area contributed by atoms with Crippen molar-refractivity contribution in [3.05, 3.63) is 42.5 Å². The number of piperidine rings is 1. The molecule has 3 atom stereocenters. The van der Waals surface area contributed by atoms with E-state index in [1.807, 2.05) is 12.1 Å². The highest BCUT2D eigenvalue weighted by atomic mass is 19.3. The van der Waals surface area contributed by atoms with Gasteiger partial charge in [0.15, 0.2) is 5.82 Å². The number of aromatic nitrogens is 2. The van der Waals surface area contributed by atoms with Crippen molar-refractivity contribution in [3.8, 4) is 22.8 Å². The molecule has 2 N–H and O–H groups in total. The lowest BCUT2D eigenvalue weighted by molar-refractivity contribution is -0.0497. The molecule has 5 rings (SSSR count). The Labute approximate surface area is 178 Å². The molecule has 2 bridgehead atoms. The number of fused-ring (bicyclic) bond motifs is 3. The minimum Gasteiger partial charge on any atom is -0.507 e. The van der Waals surface area contributed by atoms with Gasteiger partial charge in [0.1, 0.15) is 11.5 Å². The molecule has 2 fully saturated rings. The van der Waals surface area contributed by atoms with Crippen molar-refractivity contribution in [3.63, 3.8) is 0 Å². The fourth-order valence-electron chi connectivity index (χ4n) is 4.83. The van der Waals surface area contributed by atoms with Gasteiger partial charge in [-0.1, -0.05) is 6.07 Å². The standard InChI is InChI=1S/C23H24F2N4O2/c1-29(17-11-15-3-4-16(12-17)26-15)22-7-6-20(27-28-22)19-9-13-2-5-18(31-23(24)25)8-14(13)10-21(19)30/h2,5-10,15-17,23,26,30H,3-4,11-12H2,1H3/t15-,16+,17+. The van der Waals surface area contributed by atoms with E-state index in [9.17, 15) is 13.9 Å². The summed E-state index contributed by atoms with van der Waals surface area (Å²) in [6, 6.07) is 13.3. The first-order chi connectivity index (χ1) is 15.0. The average molecular weight is 426 g/mol. The third-order valence-corrected chi connectivity index (χ3v) is 6.44. The molecule has 2 saturated heterocycles. The van der Waals surface area contributed by atoms with E-state index in [0.29, 0.717) is 34.8 Å². The van der Waals surface area contributed by atoms with Crippen LogP contribution in [0.25, 0.3) is 22.0 Å². The molecule has 2 aliphatic heterocycles. The summed E-state index contributed by atoms with van der Waals surface area (Å²) in [5.74, 6) is 0.865. The summed E-state index contributed by atoms with van der Waals surface area (Å²) < 4.78 is 29.3. The van der Waals surface area contributed by atoms with Gasteiger partial charge in [-0.05, 0) is 72.9 Å². The fraction of sp³-hybridized carbons (Fsp3) is 0.391. The van der Waals surface area contributed by atoms with Crippen LogP contribution in [0.4, 0.5) is 14.6 Å². The Hall–Kier alpha value is -3.00. The van der Waals surface area contributed by atoms with Crippen molar-refractivity contribution < 1.29 is 18.6 Å². The van der Waals surface area contributed by atoms with Crippen LogP contribution in [0.15, 0.2) is 42.5 Å². The number of hydrogen-bond donors (Lipinski definition) is 2. The highest BCUT2D eigenvalue weighted by molar-refractivity contribution is 5.90. The maximum absolute atomic E-state index is 12.4. The number of benzene rings is 2. The first-order valence-corrected chi connectivity index (χ1v) is 10.5. The van der Waals surface area contributed by atoms with Crippen LogP contribution in [0.3, 0.4) is 0 Å². The maximum Gasteiger partial charge on any atom is 0.387 e. The third-order valence-electron chi connectivity index (χ3n) is 6.44. The van der Waals surface area contributed by atoms with Gasteiger partial charge in [0.2, 0.25) is 0 Å². The highest BCUT2D eigenvalue weighted by Gasteiger charge is 2.35. The summed E-state index contributed by atoms with van der Waals surface area (Å²) in [4.78, 5) is 2.20. The number of nitrogens with zero attached hydrogens (tertiary/aromatic N) is 3. The molecule has 0 radical (unpaired) electrons. The molecule has 1 aromatic heterocycles. The zero-order valence-corrected chi connectivity index (χ0v) is 17.1. The molecule has 0 spiro atoms. The molecule has 2 aromatic carbocycles. The van der Waals surface area contributed by atoms with E-state index in [4.69, 9.17) is 0 Å². The number of ether oxygens (including phenoxy) is 1. The van der Waals surface area contributed by atoms with E-state index in [-0.39, 0.29) is 11.5 Å². The Balaban J connectivity index is 1.38. The van der Waals surface area contributed by atoms with Crippen molar-refractivity contribution >= 4 is 16.6 Å². The van der Waals surface area contributed by atoms with Crippen LogP contribution in [0, 0.1) is 0 Å². The summed E-state index contributed by atoms with van der Waals surface area (Å²) in [5, 5.41) is 24.3. The number of alkyl halides is 2. The van der Waals surface area contributed by atoms with E-state index in [1.165, 1.54) is 31.0 Å². The SMILES string of the molecule is CN(c1ccc(-c2cc3ccc(OC(F)F)cc3cc2O)nn1)[C@H]1C[C@H]2CC[C@@H](C1)N2. The van der Waals surface area contributed by atoms with Crippen LogP contribution < -0.4 is 15.0 Å². The van der Waals surface area contributed by atoms with Gasteiger partial charge in [0.05, 0.1) is 5.69 Å². The van der Waals surface area contributed by atoms with Gasteiger partial charge in [-0.2, -0.15) is 8.78 Å². The minimum atomic E-state index is -2.89. The topological polar surface area (TPSA) is 70.5 Å². The number of phenolic OH excluding ortho intramolecular Hbond substituents is 1. The van der Waals surface area contributed by atoms with Crippen LogP contribution in [0.5, 0.6) is 11.5 Å². The smallest absolute Gasteiger partial charge is 0.387 e. The lowest BCUT2D eigenvalue weighted by Crippen LogP contribution is -2.47. The van der Waals surface area contributed by atoms with Gasteiger partial charge in [0.25, 0.3) is 0 Å². The molecule has 6 nitrogen and oxygen atoms in total. The number of halogens is 2. The Morgan fingerprint density at radius 1 is 1.03 bits per heavy atom. The zero-order chi connectivity index (χ0) is 21.5. The summed E-state index contributed by atoms with van der Waals surface area (Å²) in [6.45, 7) is -2.89. The summed E-state index contributed by atoms with van der Waals surface area (Å²) in [6.07, 6.45) is 4.71. The Morgan fingerprint density at radius 3 is 2.48 bits per heavy atom. The van der Waals surface area contributed by atoms with Crippen molar-refractivity contribution in [1.29, 1.82) is 0 Å². The maximum atomic E-state index is 12.4. The van der Waals surface area contributed by atoms with Gasteiger partial charge in [-0.25, -0.2) is 0 Å². The highest BCUT2D eigenvalue weighted by Crippen LogP contribution is 2.35. The van der Waals surface area contributed by atoms with Crippen molar-refractivity contribution in [1.82, 2.24) is 15.5 Å². The molecule has 162 valence electrons. The number of rotatable bonds is 5. The van der Waals surface area contributed by atoms with Gasteiger partial charge < -0.3 is 20.1 Å². The largest absolute Gasteiger partial charge is 0.507 e. The molecule has 0 amide bonds. The van der Waals surface area contributed by atoms with Crippen LogP contribution in [-0.2, 0) is 0 Å². The van der Waals surface area contributed by atoms with Gasteiger partial charge in [-0.15, -0.1) is 10.2 Å². The van der Waals surface area contributed by atoms with Crippen molar-refractivity contribution in [2.24, 2.45) is 0 Å². The molecule has 2 aliphatic rings. The van der Waals surface area contributed by atoms with Crippen LogP contribution >= 0.6 is 0 Å². The molecule has 31 heavy (non-hydrogen) atoms. The predicted molar refractivity (Wildman–Crippen MR) is 115 cm³/mol. The monoisotopic (exact) mass is 426 g/mol. The van der Waals surface area contributed by atoms with Crippen LogP contribution in [0.1, 0.15) is 25.7 Å². The van der Waals surface area contributed by atoms with Crippen molar-refractivity contribution in [2.75, 3.05) is 11.9 Å². The summed E-state index contributed by atoms with van der Waals surface area (Å²) in [5.41, 5.74) is 1.09. The average Bonchev–Trinajstić information content (AvgIpc) is 3.10. The van der Waals surface area contributed by atoms with E-state index in [2.05, 4.69) is 32.2 Å². The van der Waals surface area contributed by atoms with Crippen LogP contribution in [0.2, 0.25) is 0 Å². The van der Waals surface area contributed by atoms with Gasteiger partial charge >= 0.3 is 6.61 Å². The quantitative estimate of drug-likeness (QED) is 0.633. The Kier molecular flexibility index (Phi) is 5.09. The summed E-state index contributed by atoms with van der Waals surface area (Å²) >= 11 is 0. The first kappa shape index (κ1) is 19.9. The second kappa shape index (κ2) is 7.92. The molecule has 0 saturated carbocycles. The van der Waals surface area contributed by atoms with Gasteiger partial charge in [0, 0.05) is 30.7 Å². The van der Waals surface area contributed by atoms with E-state index in [0.717, 1.165) is 24.0 Å². The number of nitrogens with one attached hydrogen (secondary N) is 1. The molecule has 0 unspecified atom stereocenters. The zero-order valence-electron chi connectivity index (χ0n) is 17.1. The number of hydrogen-bond acceptors (Lipinski definition) is 6.